The number of fused-ring (bicyclic) bond motifs is 2. The van der Waals surface area contributed by atoms with E-state index in [1.165, 1.54) is 5.56 Å². The second-order valence-electron chi connectivity index (χ2n) is 7.21. The van der Waals surface area contributed by atoms with Gasteiger partial charge in [-0.2, -0.15) is 0 Å². The number of hydrogen-bond donors (Lipinski definition) is 1. The molecule has 1 unspecified atom stereocenters. The zero-order valence-electron chi connectivity index (χ0n) is 16.2. The minimum absolute atomic E-state index is 0.0386. The van der Waals surface area contributed by atoms with Gasteiger partial charge in [0.15, 0.2) is 5.69 Å². The van der Waals surface area contributed by atoms with Gasteiger partial charge in [0.05, 0.1) is 5.52 Å². The minimum atomic E-state index is -0.270. The van der Waals surface area contributed by atoms with Crippen LogP contribution in [0.3, 0.4) is 0 Å². The number of para-hydroxylation sites is 1. The van der Waals surface area contributed by atoms with Gasteiger partial charge in [-0.1, -0.05) is 31.2 Å². The Kier molecular flexibility index (Phi) is 4.86. The summed E-state index contributed by atoms with van der Waals surface area (Å²) in [5.41, 5.74) is 3.05. The van der Waals surface area contributed by atoms with Crippen molar-refractivity contribution in [2.24, 2.45) is 0 Å². The molecular weight excluding hydrogens is 352 g/mol. The molecule has 1 N–H and O–H groups in total. The summed E-state index contributed by atoms with van der Waals surface area (Å²) in [4.78, 5) is 32.4. The van der Waals surface area contributed by atoms with Crippen molar-refractivity contribution in [3.05, 3.63) is 65.7 Å². The lowest BCUT2D eigenvalue weighted by Crippen LogP contribution is -2.36. The molecule has 2 aromatic heterocycles. The standard InChI is InChI=1S/C22H24N4O2/c1-3-15(2)23-21(27)20-24-19(18-12-6-7-13-25(18)20)22(28)26-14-8-10-16-9-4-5-11-17(16)26/h4-7,9,11-13,15H,3,8,10,14H2,1-2H3,(H,23,27). The number of carbonyl (C=O) groups excluding carboxylic acids is 2. The van der Waals surface area contributed by atoms with E-state index in [0.717, 1.165) is 24.9 Å². The molecule has 0 saturated carbocycles. The lowest BCUT2D eigenvalue weighted by Gasteiger charge is -2.28. The Bertz CT molecular complexity index is 1040. The van der Waals surface area contributed by atoms with Crippen molar-refractivity contribution in [3.8, 4) is 0 Å². The molecule has 0 saturated heterocycles. The highest BCUT2D eigenvalue weighted by molar-refractivity contribution is 6.10. The second-order valence-corrected chi connectivity index (χ2v) is 7.21. The van der Waals surface area contributed by atoms with E-state index in [-0.39, 0.29) is 23.7 Å². The van der Waals surface area contributed by atoms with Gasteiger partial charge in [-0.05, 0) is 49.9 Å². The van der Waals surface area contributed by atoms with Gasteiger partial charge < -0.3 is 10.2 Å². The van der Waals surface area contributed by atoms with Crippen molar-refractivity contribution in [2.45, 2.75) is 39.2 Å². The second kappa shape index (κ2) is 7.46. The van der Waals surface area contributed by atoms with Crippen LogP contribution in [0.1, 0.15) is 53.4 Å². The zero-order valence-corrected chi connectivity index (χ0v) is 16.2. The summed E-state index contributed by atoms with van der Waals surface area (Å²) in [5, 5.41) is 2.94. The molecule has 3 heterocycles. The quantitative estimate of drug-likeness (QED) is 0.758. The van der Waals surface area contributed by atoms with Gasteiger partial charge in [0, 0.05) is 24.5 Å². The molecule has 6 nitrogen and oxygen atoms in total. The first kappa shape index (κ1) is 18.2. The lowest BCUT2D eigenvalue weighted by atomic mass is 10.0. The molecule has 4 rings (SSSR count). The molecule has 6 heteroatoms. The van der Waals surface area contributed by atoms with Crippen LogP contribution in [0.4, 0.5) is 5.69 Å². The van der Waals surface area contributed by atoms with Crippen molar-refractivity contribution in [1.82, 2.24) is 14.7 Å². The van der Waals surface area contributed by atoms with Gasteiger partial charge in [0.2, 0.25) is 5.82 Å². The summed E-state index contributed by atoms with van der Waals surface area (Å²) in [6.07, 6.45) is 4.47. The minimum Gasteiger partial charge on any atom is -0.347 e. The molecule has 0 fully saturated rings. The number of carbonyl (C=O) groups is 2. The number of aromatic nitrogens is 2. The van der Waals surface area contributed by atoms with Crippen LogP contribution in [0.5, 0.6) is 0 Å². The molecule has 0 aliphatic carbocycles. The Balaban J connectivity index is 1.76. The Morgan fingerprint density at radius 2 is 1.96 bits per heavy atom. The van der Waals surface area contributed by atoms with E-state index in [0.29, 0.717) is 17.8 Å². The van der Waals surface area contributed by atoms with Crippen LogP contribution in [-0.2, 0) is 6.42 Å². The highest BCUT2D eigenvalue weighted by atomic mass is 16.2. The van der Waals surface area contributed by atoms with Crippen LogP contribution >= 0.6 is 0 Å². The summed E-state index contributed by atoms with van der Waals surface area (Å²) < 4.78 is 1.70. The molecule has 3 aromatic rings. The molecule has 1 atom stereocenters. The van der Waals surface area contributed by atoms with Gasteiger partial charge in [-0.3, -0.25) is 14.0 Å². The molecule has 1 aromatic carbocycles. The number of hydrogen-bond acceptors (Lipinski definition) is 3. The predicted molar refractivity (Wildman–Crippen MR) is 109 cm³/mol. The molecule has 144 valence electrons. The number of benzene rings is 1. The summed E-state index contributed by atoms with van der Waals surface area (Å²) in [5.74, 6) is -0.198. The van der Waals surface area contributed by atoms with E-state index < -0.39 is 0 Å². The summed E-state index contributed by atoms with van der Waals surface area (Å²) in [7, 11) is 0. The third-order valence-electron chi connectivity index (χ3n) is 5.30. The molecule has 1 aliphatic heterocycles. The molecule has 1 aliphatic rings. The van der Waals surface area contributed by atoms with Crippen LogP contribution < -0.4 is 10.2 Å². The highest BCUT2D eigenvalue weighted by Gasteiger charge is 2.28. The number of nitrogens with zero attached hydrogens (tertiary/aromatic N) is 3. The fraction of sp³-hybridized carbons (Fsp3) is 0.318. The van der Waals surface area contributed by atoms with Crippen molar-refractivity contribution < 1.29 is 9.59 Å². The van der Waals surface area contributed by atoms with Crippen molar-refractivity contribution >= 4 is 23.0 Å². The molecule has 0 spiro atoms. The third kappa shape index (κ3) is 3.15. The van der Waals surface area contributed by atoms with Crippen LogP contribution in [0.15, 0.2) is 48.7 Å². The number of nitrogens with one attached hydrogen (secondary N) is 1. The maximum absolute atomic E-state index is 13.4. The van der Waals surface area contributed by atoms with Crippen molar-refractivity contribution in [2.75, 3.05) is 11.4 Å². The van der Waals surface area contributed by atoms with Gasteiger partial charge >= 0.3 is 0 Å². The molecule has 0 radical (unpaired) electrons. The first-order valence-corrected chi connectivity index (χ1v) is 9.78. The first-order valence-electron chi connectivity index (χ1n) is 9.78. The van der Waals surface area contributed by atoms with Crippen LogP contribution in [-0.4, -0.2) is 33.8 Å². The molecular formula is C22H24N4O2. The highest BCUT2D eigenvalue weighted by Crippen LogP contribution is 2.29. The smallest absolute Gasteiger partial charge is 0.287 e. The summed E-state index contributed by atoms with van der Waals surface area (Å²) in [6.45, 7) is 4.61. The van der Waals surface area contributed by atoms with Crippen molar-refractivity contribution in [1.29, 1.82) is 0 Å². The molecule has 2 amide bonds. The summed E-state index contributed by atoms with van der Waals surface area (Å²) in [6, 6.07) is 13.5. The monoisotopic (exact) mass is 376 g/mol. The van der Waals surface area contributed by atoms with E-state index in [1.54, 1.807) is 15.5 Å². The Labute approximate surface area is 164 Å². The normalized spacial score (nSPS) is 14.6. The Morgan fingerprint density at radius 1 is 1.18 bits per heavy atom. The molecule has 0 bridgehead atoms. The van der Waals surface area contributed by atoms with E-state index in [1.807, 2.05) is 50.2 Å². The Morgan fingerprint density at radius 3 is 2.79 bits per heavy atom. The number of imidazole rings is 1. The van der Waals surface area contributed by atoms with Gasteiger partial charge in [0.25, 0.3) is 11.8 Å². The van der Waals surface area contributed by atoms with Gasteiger partial charge in [0.1, 0.15) is 0 Å². The van der Waals surface area contributed by atoms with Gasteiger partial charge in [-0.25, -0.2) is 4.98 Å². The van der Waals surface area contributed by atoms with E-state index >= 15 is 0 Å². The largest absolute Gasteiger partial charge is 0.347 e. The number of aryl methyl sites for hydroxylation is 1. The van der Waals surface area contributed by atoms with Crippen LogP contribution in [0.2, 0.25) is 0 Å². The summed E-state index contributed by atoms with van der Waals surface area (Å²) >= 11 is 0. The fourth-order valence-electron chi connectivity index (χ4n) is 3.62. The van der Waals surface area contributed by atoms with E-state index in [2.05, 4.69) is 16.4 Å². The molecule has 28 heavy (non-hydrogen) atoms. The van der Waals surface area contributed by atoms with Crippen LogP contribution in [0.25, 0.3) is 5.52 Å². The maximum Gasteiger partial charge on any atom is 0.287 e. The zero-order chi connectivity index (χ0) is 19.7. The third-order valence-corrected chi connectivity index (χ3v) is 5.30. The number of rotatable bonds is 4. The number of amides is 2. The predicted octanol–water partition coefficient (Wildman–Crippen LogP) is 3.46. The van der Waals surface area contributed by atoms with Gasteiger partial charge in [-0.15, -0.1) is 0 Å². The number of anilines is 1. The van der Waals surface area contributed by atoms with E-state index in [9.17, 15) is 9.59 Å². The van der Waals surface area contributed by atoms with Crippen molar-refractivity contribution in [3.63, 3.8) is 0 Å². The maximum atomic E-state index is 13.4. The van der Waals surface area contributed by atoms with E-state index in [4.69, 9.17) is 0 Å². The Hall–Kier alpha value is -3.15. The average Bonchev–Trinajstić information content (AvgIpc) is 3.12. The lowest BCUT2D eigenvalue weighted by molar-refractivity contribution is 0.0928. The number of pyridine rings is 1. The topological polar surface area (TPSA) is 66.7 Å². The average molecular weight is 376 g/mol. The first-order chi connectivity index (χ1) is 13.6. The SMILES string of the molecule is CCC(C)NC(=O)c1nc(C(=O)N2CCCc3ccccc32)c2ccccn12. The fourth-order valence-corrected chi connectivity index (χ4v) is 3.62. The van der Waals surface area contributed by atoms with Crippen LogP contribution in [0, 0.1) is 0 Å².